The highest BCUT2D eigenvalue weighted by molar-refractivity contribution is 5.99. The Hall–Kier alpha value is -2.83. The van der Waals surface area contributed by atoms with Crippen LogP contribution in [0.1, 0.15) is 29.5 Å². The number of imide groups is 3. The van der Waals surface area contributed by atoms with Crippen LogP contribution in [0.15, 0.2) is 42.5 Å². The fraction of sp³-hybridized carbons (Fsp3) is 0.211. The number of nitrogens with zero attached hydrogens (tertiary/aromatic N) is 1. The maximum atomic E-state index is 12.1. The molecule has 0 atom stereocenters. The summed E-state index contributed by atoms with van der Waals surface area (Å²) in [6.07, 6.45) is -0.808. The van der Waals surface area contributed by atoms with Gasteiger partial charge in [-0.2, -0.15) is 10.0 Å². The van der Waals surface area contributed by atoms with Gasteiger partial charge in [-0.25, -0.2) is 9.59 Å². The number of benzene rings is 2. The fourth-order valence-electron chi connectivity index (χ4n) is 3.47. The number of quaternary nitrogens is 1. The number of carbonyl (C=O) groups is 3. The Labute approximate surface area is 143 Å². The van der Waals surface area contributed by atoms with Crippen molar-refractivity contribution >= 4 is 17.9 Å². The minimum Gasteiger partial charge on any atom is -0.412 e. The van der Waals surface area contributed by atoms with Crippen LogP contribution in [0.4, 0.5) is 4.79 Å². The van der Waals surface area contributed by atoms with Crippen molar-refractivity contribution in [1.82, 2.24) is 0 Å². The summed E-state index contributed by atoms with van der Waals surface area (Å²) in [5.41, 5.74) is 5.30. The first kappa shape index (κ1) is 15.7. The van der Waals surface area contributed by atoms with Crippen LogP contribution in [0.25, 0.3) is 11.1 Å². The number of fused-ring (bicyclic) bond motifs is 3. The third-order valence-electron chi connectivity index (χ3n) is 4.84. The summed E-state index contributed by atoms with van der Waals surface area (Å²) < 4.78 is 3.24. The van der Waals surface area contributed by atoms with Crippen LogP contribution in [0.5, 0.6) is 0 Å². The largest absolute Gasteiger partial charge is 0.566 e. The second kappa shape index (κ2) is 5.61. The maximum Gasteiger partial charge on any atom is 0.566 e. The van der Waals surface area contributed by atoms with Crippen LogP contribution >= 0.6 is 0 Å². The van der Waals surface area contributed by atoms with E-state index < -0.39 is 22.6 Å². The van der Waals surface area contributed by atoms with E-state index in [1.54, 1.807) is 0 Å². The number of rotatable bonds is 2. The zero-order valence-corrected chi connectivity index (χ0v) is 13.4. The summed E-state index contributed by atoms with van der Waals surface area (Å²) in [4.78, 5) is 35.5. The Bertz CT molecular complexity index is 902. The number of likely N-dealkylation sites (tertiary alicyclic amines) is 1. The molecule has 0 spiro atoms. The van der Waals surface area contributed by atoms with Crippen molar-refractivity contribution < 1.29 is 29.0 Å². The van der Waals surface area contributed by atoms with Gasteiger partial charge in [0.2, 0.25) is 0 Å². The van der Waals surface area contributed by atoms with Crippen LogP contribution in [-0.4, -0.2) is 27.8 Å². The summed E-state index contributed by atoms with van der Waals surface area (Å²) in [5.74, 6) is -1.69. The van der Waals surface area contributed by atoms with E-state index in [4.69, 9.17) is 4.74 Å². The van der Waals surface area contributed by atoms with Gasteiger partial charge in [-0.15, -0.1) is 0 Å². The number of carbonyl (C=O) groups excluding carboxylic acids is 3. The lowest BCUT2D eigenvalue weighted by Crippen LogP contribution is -2.54. The molecule has 3 amide bonds. The van der Waals surface area contributed by atoms with Gasteiger partial charge in [-0.05, 0) is 34.2 Å². The average molecular weight is 338 g/mol. The van der Waals surface area contributed by atoms with Crippen molar-refractivity contribution in [3.8, 4) is 11.1 Å². The molecule has 0 saturated carbocycles. The second-order valence-electron chi connectivity index (χ2n) is 6.25. The Morgan fingerprint density at radius 2 is 1.68 bits per heavy atom. The van der Waals surface area contributed by atoms with E-state index in [2.05, 4.69) is 6.07 Å². The molecule has 1 aliphatic carbocycles. The lowest BCUT2D eigenvalue weighted by Gasteiger charge is -2.16. The van der Waals surface area contributed by atoms with Gasteiger partial charge in [0.25, 0.3) is 0 Å². The van der Waals surface area contributed by atoms with Crippen LogP contribution in [0, 0.1) is 0 Å². The second-order valence-corrected chi connectivity index (χ2v) is 6.25. The van der Waals surface area contributed by atoms with E-state index in [-0.39, 0.29) is 19.4 Å². The van der Waals surface area contributed by atoms with Gasteiger partial charge in [0, 0.05) is 4.65 Å². The quantitative estimate of drug-likeness (QED) is 0.441. The van der Waals surface area contributed by atoms with Crippen molar-refractivity contribution in [2.75, 3.05) is 0 Å². The van der Waals surface area contributed by atoms with E-state index in [9.17, 15) is 19.6 Å². The number of hydrogen-bond donors (Lipinski definition) is 1. The number of amides is 3. The first-order valence-corrected chi connectivity index (χ1v) is 8.07. The van der Waals surface area contributed by atoms with E-state index in [1.807, 2.05) is 36.4 Å². The number of ether oxygens (including phenoxy) is 1. The van der Waals surface area contributed by atoms with Gasteiger partial charge < -0.3 is 4.74 Å². The summed E-state index contributed by atoms with van der Waals surface area (Å²) in [6.45, 7) is -0.100. The summed E-state index contributed by atoms with van der Waals surface area (Å²) >= 11 is 0. The molecule has 1 N–H and O–H groups in total. The third kappa shape index (κ3) is 2.30. The van der Waals surface area contributed by atoms with Crippen LogP contribution in [0.3, 0.4) is 0 Å². The van der Waals surface area contributed by atoms with E-state index in [0.29, 0.717) is 0 Å². The zero-order valence-electron chi connectivity index (χ0n) is 13.4. The Kier molecular flexibility index (Phi) is 3.52. The highest BCUT2D eigenvalue weighted by atomic mass is 16.7. The van der Waals surface area contributed by atoms with Crippen LogP contribution in [0.2, 0.25) is 0 Å². The fourth-order valence-corrected chi connectivity index (χ4v) is 3.47. The Morgan fingerprint density at radius 1 is 1.00 bits per heavy atom. The van der Waals surface area contributed by atoms with Gasteiger partial charge in [-0.3, -0.25) is 0 Å². The molecule has 1 aliphatic heterocycles. The molecule has 2 aromatic carbocycles. The van der Waals surface area contributed by atoms with Crippen LogP contribution in [-0.2, 0) is 27.4 Å². The van der Waals surface area contributed by atoms with E-state index >= 15 is 0 Å². The minimum absolute atomic E-state index is 0.100. The number of hydrogen-bond acceptors (Lipinski definition) is 5. The molecule has 1 heterocycles. The molecule has 4 rings (SSSR count). The topological polar surface area (TPSA) is 80.7 Å². The molecule has 1 fully saturated rings. The smallest absolute Gasteiger partial charge is 0.412 e. The van der Waals surface area contributed by atoms with Crippen LogP contribution < -0.4 is 0 Å². The predicted molar refractivity (Wildman–Crippen MR) is 86.2 cm³/mol. The predicted octanol–water partition coefficient (Wildman–Crippen LogP) is 2.95. The molecule has 0 radical (unpaired) electrons. The SMILES string of the molecule is O=C1CCC(=O)[N+]1(O)C(=O)OCc1cccc2c1Cc1ccccc1-2. The normalized spacial score (nSPS) is 17.3. The van der Waals surface area contributed by atoms with Gasteiger partial charge in [0.05, 0.1) is 12.8 Å². The minimum atomic E-state index is -1.88. The highest BCUT2D eigenvalue weighted by Gasteiger charge is 2.58. The third-order valence-corrected chi connectivity index (χ3v) is 4.84. The molecule has 25 heavy (non-hydrogen) atoms. The van der Waals surface area contributed by atoms with Gasteiger partial charge >= 0.3 is 17.9 Å². The molecule has 0 bridgehead atoms. The summed E-state index contributed by atoms with van der Waals surface area (Å²) in [5, 5.41) is 10.1. The van der Waals surface area contributed by atoms with Crippen molar-refractivity contribution in [1.29, 1.82) is 0 Å². The first-order valence-electron chi connectivity index (χ1n) is 8.07. The molecular weight excluding hydrogens is 322 g/mol. The molecule has 1 saturated heterocycles. The monoisotopic (exact) mass is 338 g/mol. The van der Waals surface area contributed by atoms with E-state index in [1.165, 1.54) is 5.56 Å². The van der Waals surface area contributed by atoms with Gasteiger partial charge in [0.1, 0.15) is 6.61 Å². The first-order chi connectivity index (χ1) is 12.0. The van der Waals surface area contributed by atoms with Gasteiger partial charge in [0.15, 0.2) is 0 Å². The standard InChI is InChI=1S/C19H16NO5/c21-17-8-9-18(22)20(17,24)19(23)25-11-13-5-3-7-15-14-6-2-1-4-12(14)10-16(13)15/h1-7,24H,8-11H2/q+1. The summed E-state index contributed by atoms with van der Waals surface area (Å²) in [7, 11) is 0. The van der Waals surface area contributed by atoms with Crippen molar-refractivity contribution in [2.45, 2.75) is 25.9 Å². The molecule has 6 heteroatoms. The molecule has 0 aromatic heterocycles. The Morgan fingerprint density at radius 3 is 2.44 bits per heavy atom. The van der Waals surface area contributed by atoms with Crippen molar-refractivity contribution in [2.24, 2.45) is 0 Å². The zero-order chi connectivity index (χ0) is 17.6. The molecule has 126 valence electrons. The highest BCUT2D eigenvalue weighted by Crippen LogP contribution is 2.38. The van der Waals surface area contributed by atoms with E-state index in [0.717, 1.165) is 28.7 Å². The molecule has 6 nitrogen and oxygen atoms in total. The lowest BCUT2D eigenvalue weighted by molar-refractivity contribution is -0.908. The average Bonchev–Trinajstić information content (AvgIpc) is 3.13. The van der Waals surface area contributed by atoms with Gasteiger partial charge in [-0.1, -0.05) is 42.5 Å². The number of hydroxylamine groups is 3. The Balaban J connectivity index is 1.57. The lowest BCUT2D eigenvalue weighted by atomic mass is 10.0. The molecule has 2 aromatic rings. The maximum absolute atomic E-state index is 12.1. The van der Waals surface area contributed by atoms with Crippen molar-refractivity contribution in [3.05, 3.63) is 59.2 Å². The summed E-state index contributed by atoms with van der Waals surface area (Å²) in [6, 6.07) is 13.8. The molecular formula is C19H16NO5+. The molecule has 2 aliphatic rings. The van der Waals surface area contributed by atoms with Crippen molar-refractivity contribution in [3.63, 3.8) is 0 Å². The molecule has 0 unspecified atom stereocenters.